The Bertz CT molecular complexity index is 1050. The smallest absolute Gasteiger partial charge is 0.237 e. The van der Waals surface area contributed by atoms with Crippen molar-refractivity contribution >= 4 is 29.1 Å². The van der Waals surface area contributed by atoms with Gasteiger partial charge in [-0.2, -0.15) is 0 Å². The van der Waals surface area contributed by atoms with Crippen LogP contribution in [0, 0.1) is 11.5 Å². The summed E-state index contributed by atoms with van der Waals surface area (Å²) in [6.07, 6.45) is 1.59. The van der Waals surface area contributed by atoms with Crippen molar-refractivity contribution < 1.29 is 8.42 Å². The van der Waals surface area contributed by atoms with Crippen LogP contribution < -0.4 is 0 Å². The minimum absolute atomic E-state index is 0.226. The molecule has 24 heavy (non-hydrogen) atoms. The fourth-order valence-corrected chi connectivity index (χ4v) is 4.24. The maximum Gasteiger partial charge on any atom is 0.270 e. The standard InChI is InChI=1S/C18H18N2O2SSi/c1-24(2,3)13-11-16-14-15-8-7-12-19-18(15)20(16)23(21,22)17-9-5-4-6-10-17/h4-10,12,14H,1-3H3. The van der Waals surface area contributed by atoms with Crippen molar-refractivity contribution in [1.82, 2.24) is 8.96 Å². The van der Waals surface area contributed by atoms with E-state index in [4.69, 9.17) is 0 Å². The predicted molar refractivity (Wildman–Crippen MR) is 99.0 cm³/mol. The maximum absolute atomic E-state index is 13.1. The molecule has 6 heteroatoms. The summed E-state index contributed by atoms with van der Waals surface area (Å²) in [7, 11) is -5.39. The van der Waals surface area contributed by atoms with Gasteiger partial charge in [-0.3, -0.25) is 0 Å². The number of fused-ring (bicyclic) bond motifs is 1. The average molecular weight is 355 g/mol. The first-order chi connectivity index (χ1) is 11.3. The molecule has 0 N–H and O–H groups in total. The summed E-state index contributed by atoms with van der Waals surface area (Å²) >= 11 is 0. The van der Waals surface area contributed by atoms with Gasteiger partial charge in [-0.1, -0.05) is 43.8 Å². The number of nitrogens with zero attached hydrogens (tertiary/aromatic N) is 2. The maximum atomic E-state index is 13.1. The van der Waals surface area contributed by atoms with E-state index in [1.807, 2.05) is 6.07 Å². The zero-order chi connectivity index (χ0) is 17.4. The van der Waals surface area contributed by atoms with E-state index in [1.54, 1.807) is 48.7 Å². The lowest BCUT2D eigenvalue weighted by atomic mass is 10.3. The molecule has 3 aromatic rings. The Morgan fingerprint density at radius 1 is 1.04 bits per heavy atom. The highest BCUT2D eigenvalue weighted by atomic mass is 32.2. The summed E-state index contributed by atoms with van der Waals surface area (Å²) < 4.78 is 27.5. The first-order valence-corrected chi connectivity index (χ1v) is 12.5. The Balaban J connectivity index is 2.31. The van der Waals surface area contributed by atoms with Crippen LogP contribution in [0.15, 0.2) is 59.6 Å². The summed E-state index contributed by atoms with van der Waals surface area (Å²) in [6.45, 7) is 6.37. The highest BCUT2D eigenvalue weighted by Gasteiger charge is 2.23. The quantitative estimate of drug-likeness (QED) is 0.523. The molecular formula is C18H18N2O2SSi. The molecule has 0 unspecified atom stereocenters. The van der Waals surface area contributed by atoms with Crippen molar-refractivity contribution in [2.75, 3.05) is 0 Å². The molecule has 0 aliphatic rings. The van der Waals surface area contributed by atoms with Crippen molar-refractivity contribution in [3.63, 3.8) is 0 Å². The number of benzene rings is 1. The van der Waals surface area contributed by atoms with E-state index >= 15 is 0 Å². The van der Waals surface area contributed by atoms with Crippen molar-refractivity contribution in [3.8, 4) is 11.5 Å². The monoisotopic (exact) mass is 354 g/mol. The van der Waals surface area contributed by atoms with Crippen LogP contribution in [0.2, 0.25) is 19.6 Å². The minimum atomic E-state index is -3.75. The molecule has 0 fully saturated rings. The number of hydrogen-bond acceptors (Lipinski definition) is 3. The van der Waals surface area contributed by atoms with E-state index in [2.05, 4.69) is 36.1 Å². The van der Waals surface area contributed by atoms with Crippen LogP contribution in [-0.4, -0.2) is 25.4 Å². The molecule has 0 saturated heterocycles. The third-order valence-corrected chi connectivity index (χ3v) is 5.96. The molecule has 0 radical (unpaired) electrons. The highest BCUT2D eigenvalue weighted by molar-refractivity contribution is 7.90. The van der Waals surface area contributed by atoms with E-state index < -0.39 is 18.1 Å². The van der Waals surface area contributed by atoms with Crippen LogP contribution in [0.5, 0.6) is 0 Å². The van der Waals surface area contributed by atoms with E-state index in [1.165, 1.54) is 3.97 Å². The Kier molecular flexibility index (Phi) is 4.07. The second-order valence-electron chi connectivity index (χ2n) is 6.53. The first kappa shape index (κ1) is 16.5. The molecule has 2 heterocycles. The average Bonchev–Trinajstić information content (AvgIpc) is 2.92. The van der Waals surface area contributed by atoms with E-state index in [0.29, 0.717) is 11.3 Å². The molecule has 0 saturated carbocycles. The zero-order valence-electron chi connectivity index (χ0n) is 13.8. The molecule has 4 nitrogen and oxygen atoms in total. The lowest BCUT2D eigenvalue weighted by Gasteiger charge is -2.09. The highest BCUT2D eigenvalue weighted by Crippen LogP contribution is 2.23. The largest absolute Gasteiger partial charge is 0.270 e. The molecule has 122 valence electrons. The molecule has 3 rings (SSSR count). The van der Waals surface area contributed by atoms with Gasteiger partial charge in [0.1, 0.15) is 13.8 Å². The summed E-state index contributed by atoms with van der Waals surface area (Å²) in [4.78, 5) is 4.49. The number of pyridine rings is 1. The molecule has 2 aromatic heterocycles. The third kappa shape index (κ3) is 3.14. The van der Waals surface area contributed by atoms with Gasteiger partial charge in [0.05, 0.1) is 4.90 Å². The van der Waals surface area contributed by atoms with Crippen LogP contribution in [0.25, 0.3) is 11.0 Å². The van der Waals surface area contributed by atoms with E-state index in [-0.39, 0.29) is 4.90 Å². The van der Waals surface area contributed by atoms with Gasteiger partial charge < -0.3 is 0 Å². The lowest BCUT2D eigenvalue weighted by molar-refractivity contribution is 0.588. The first-order valence-electron chi connectivity index (χ1n) is 7.59. The normalized spacial score (nSPS) is 12.0. The molecule has 0 spiro atoms. The van der Waals surface area contributed by atoms with Gasteiger partial charge in [-0.15, -0.1) is 5.54 Å². The zero-order valence-corrected chi connectivity index (χ0v) is 15.6. The Labute approximate surface area is 143 Å². The predicted octanol–water partition coefficient (Wildman–Crippen LogP) is 3.50. The minimum Gasteiger partial charge on any atom is -0.237 e. The summed E-state index contributed by atoms with van der Waals surface area (Å²) in [5.41, 5.74) is 4.10. The SMILES string of the molecule is C[Si](C)(C)C#Cc1cc2cccnc2n1S(=O)(=O)c1ccccc1. The van der Waals surface area contributed by atoms with Crippen molar-refractivity contribution in [2.45, 2.75) is 24.5 Å². The second kappa shape index (κ2) is 5.93. The van der Waals surface area contributed by atoms with Crippen molar-refractivity contribution in [3.05, 3.63) is 60.4 Å². The number of hydrogen-bond donors (Lipinski definition) is 0. The second-order valence-corrected chi connectivity index (χ2v) is 13.1. The molecule has 0 bridgehead atoms. The van der Waals surface area contributed by atoms with Crippen LogP contribution in [-0.2, 0) is 10.0 Å². The number of rotatable bonds is 2. The van der Waals surface area contributed by atoms with Crippen LogP contribution in [0.1, 0.15) is 5.69 Å². The van der Waals surface area contributed by atoms with Gasteiger partial charge >= 0.3 is 0 Å². The molecule has 0 atom stereocenters. The fourth-order valence-electron chi connectivity index (χ4n) is 2.29. The molecule has 0 aliphatic carbocycles. The van der Waals surface area contributed by atoms with Crippen LogP contribution in [0.4, 0.5) is 0 Å². The van der Waals surface area contributed by atoms with Gasteiger partial charge in [-0.05, 0) is 30.3 Å². The van der Waals surface area contributed by atoms with Gasteiger partial charge in [0.15, 0.2) is 5.65 Å². The summed E-state index contributed by atoms with van der Waals surface area (Å²) in [6, 6.07) is 13.8. The van der Waals surface area contributed by atoms with Gasteiger partial charge in [0.25, 0.3) is 10.0 Å². The molecule has 0 aliphatic heterocycles. The van der Waals surface area contributed by atoms with Crippen LogP contribution in [0.3, 0.4) is 0 Å². The van der Waals surface area contributed by atoms with Gasteiger partial charge in [0, 0.05) is 11.6 Å². The Morgan fingerprint density at radius 2 is 1.75 bits per heavy atom. The molecule has 1 aromatic carbocycles. The summed E-state index contributed by atoms with van der Waals surface area (Å²) in [5, 5.41) is 0.761. The number of aromatic nitrogens is 2. The van der Waals surface area contributed by atoms with Crippen molar-refractivity contribution in [2.24, 2.45) is 0 Å². The van der Waals surface area contributed by atoms with Gasteiger partial charge in [0.2, 0.25) is 0 Å². The Morgan fingerprint density at radius 3 is 2.42 bits per heavy atom. The van der Waals surface area contributed by atoms with Crippen LogP contribution >= 0.6 is 0 Å². The Hall–Kier alpha value is -2.36. The fraction of sp³-hybridized carbons (Fsp3) is 0.167. The third-order valence-electron chi connectivity index (χ3n) is 3.37. The molecule has 0 amide bonds. The summed E-state index contributed by atoms with van der Waals surface area (Å²) in [5.74, 6) is 3.07. The topological polar surface area (TPSA) is 52.0 Å². The molecular weight excluding hydrogens is 336 g/mol. The van der Waals surface area contributed by atoms with E-state index in [0.717, 1.165) is 5.39 Å². The van der Waals surface area contributed by atoms with E-state index in [9.17, 15) is 8.42 Å². The van der Waals surface area contributed by atoms with Crippen molar-refractivity contribution in [1.29, 1.82) is 0 Å². The van der Waals surface area contributed by atoms with Gasteiger partial charge in [-0.25, -0.2) is 17.4 Å². The lowest BCUT2D eigenvalue weighted by Crippen LogP contribution is -2.18.